The molecule has 1 aliphatic carbocycles. The van der Waals surface area contributed by atoms with E-state index in [2.05, 4.69) is 164 Å². The number of rotatable bonds is 9. The van der Waals surface area contributed by atoms with Gasteiger partial charge in [0.1, 0.15) is 5.54 Å². The third-order valence-electron chi connectivity index (χ3n) is 9.38. The summed E-state index contributed by atoms with van der Waals surface area (Å²) in [5.74, 6) is 0. The number of nitrogens with zero attached hydrogens (tertiary/aromatic N) is 2. The number of para-hydroxylation sites is 3. The molecule has 0 aliphatic heterocycles. The zero-order valence-electron chi connectivity index (χ0n) is 27.1. The molecule has 47 heavy (non-hydrogen) atoms. The van der Waals surface area contributed by atoms with E-state index in [0.29, 0.717) is 0 Å². The van der Waals surface area contributed by atoms with Crippen LogP contribution >= 0.6 is 0 Å². The van der Waals surface area contributed by atoms with Crippen molar-refractivity contribution in [3.63, 3.8) is 0 Å². The van der Waals surface area contributed by atoms with Gasteiger partial charge in [0.05, 0.1) is 11.0 Å². The Morgan fingerprint density at radius 3 is 2.26 bits per heavy atom. The maximum absolute atomic E-state index is 4.92. The predicted molar refractivity (Wildman–Crippen MR) is 204 cm³/mol. The Balaban J connectivity index is 1.44. The molecule has 0 radical (unpaired) electrons. The molecule has 0 bridgehead atoms. The van der Waals surface area contributed by atoms with Gasteiger partial charge < -0.3 is 9.88 Å². The monoisotopic (exact) mass is 609 g/mol. The van der Waals surface area contributed by atoms with Crippen molar-refractivity contribution in [2.75, 3.05) is 5.32 Å². The van der Waals surface area contributed by atoms with E-state index in [1.807, 2.05) is 18.2 Å². The van der Waals surface area contributed by atoms with Crippen LogP contribution in [0.25, 0.3) is 45.2 Å². The minimum atomic E-state index is -0.674. The molecule has 230 valence electrons. The molecule has 3 heteroatoms. The fourth-order valence-corrected chi connectivity index (χ4v) is 6.98. The molecule has 1 unspecified atom stereocenters. The van der Waals surface area contributed by atoms with Gasteiger partial charge in [-0.15, -0.1) is 0 Å². The summed E-state index contributed by atoms with van der Waals surface area (Å²) in [4.78, 5) is 4.92. The number of hydrogen-bond donors (Lipinski definition) is 1. The van der Waals surface area contributed by atoms with Crippen LogP contribution in [-0.4, -0.2) is 11.3 Å². The van der Waals surface area contributed by atoms with Crippen LogP contribution in [0.2, 0.25) is 0 Å². The fourth-order valence-electron chi connectivity index (χ4n) is 6.98. The SMILES string of the molecule is C=NC(C)(c1ccccc1)c1c2c(cc3c4ccccc4n(C(/C=C\C(=C)c4ccccc4Nc4ccccc4)=C/C)c13)=CCCC=2. The summed E-state index contributed by atoms with van der Waals surface area (Å²) >= 11 is 0. The van der Waals surface area contributed by atoms with Crippen molar-refractivity contribution in [1.82, 2.24) is 4.57 Å². The van der Waals surface area contributed by atoms with Crippen molar-refractivity contribution >= 4 is 63.3 Å². The van der Waals surface area contributed by atoms with Gasteiger partial charge in [-0.25, -0.2) is 0 Å². The molecule has 1 heterocycles. The summed E-state index contributed by atoms with van der Waals surface area (Å²) in [5, 5.41) is 8.51. The molecule has 7 rings (SSSR count). The van der Waals surface area contributed by atoms with Gasteiger partial charge in [0.25, 0.3) is 0 Å². The van der Waals surface area contributed by atoms with Crippen LogP contribution in [0.1, 0.15) is 43.4 Å². The highest BCUT2D eigenvalue weighted by molar-refractivity contribution is 6.12. The highest BCUT2D eigenvalue weighted by atomic mass is 15.0. The lowest BCUT2D eigenvalue weighted by Gasteiger charge is -2.29. The van der Waals surface area contributed by atoms with Crippen molar-refractivity contribution in [3.8, 4) is 0 Å². The van der Waals surface area contributed by atoms with E-state index in [-0.39, 0.29) is 0 Å². The van der Waals surface area contributed by atoms with Gasteiger partial charge in [0.2, 0.25) is 0 Å². The average Bonchev–Trinajstić information content (AvgIpc) is 3.45. The molecule has 0 fully saturated rings. The highest BCUT2D eigenvalue weighted by Crippen LogP contribution is 2.40. The topological polar surface area (TPSA) is 29.3 Å². The third kappa shape index (κ3) is 5.34. The zero-order valence-corrected chi connectivity index (χ0v) is 27.1. The van der Waals surface area contributed by atoms with Gasteiger partial charge in [-0.2, -0.15) is 0 Å². The van der Waals surface area contributed by atoms with Crippen molar-refractivity contribution in [1.29, 1.82) is 0 Å². The number of allylic oxidation sites excluding steroid dienone is 5. The Kier molecular flexibility index (Phi) is 8.05. The Morgan fingerprint density at radius 2 is 1.49 bits per heavy atom. The average molecular weight is 610 g/mol. The molecule has 0 amide bonds. The van der Waals surface area contributed by atoms with Crippen LogP contribution < -0.4 is 15.8 Å². The normalized spacial score (nSPS) is 14.3. The first-order valence-corrected chi connectivity index (χ1v) is 16.3. The summed E-state index contributed by atoms with van der Waals surface area (Å²) in [6.45, 7) is 13.0. The number of aromatic nitrogens is 1. The Bertz CT molecular complexity index is 2320. The standard InChI is InChI=1S/C44H39N3/c1-5-35(29-28-31(2)36-23-14-16-26-40(36)46-34-21-10-7-11-22-34)47-41-27-17-15-25-38(41)39-30-32-18-12-13-24-37(32)42(43(39)47)44(3,45-4)33-19-8-6-9-20-33/h5-11,14-30,46H,2,4,12-13H2,1,3H3/b29-28-,35-5+. The predicted octanol–water partition coefficient (Wildman–Crippen LogP) is 9.99. The largest absolute Gasteiger partial charge is 0.355 e. The second kappa shape index (κ2) is 12.6. The van der Waals surface area contributed by atoms with Crippen LogP contribution in [-0.2, 0) is 5.54 Å². The molecule has 1 aromatic heterocycles. The van der Waals surface area contributed by atoms with E-state index in [1.165, 1.54) is 26.8 Å². The van der Waals surface area contributed by atoms with Crippen molar-refractivity contribution in [3.05, 3.63) is 167 Å². The molecule has 5 aromatic carbocycles. The summed E-state index contributed by atoms with van der Waals surface area (Å²) in [6.07, 6.45) is 13.3. The minimum absolute atomic E-state index is 0.674. The fraction of sp³-hybridized carbons (Fsp3) is 0.114. The number of aliphatic imine (C=N–C) groups is 1. The molecule has 0 spiro atoms. The van der Waals surface area contributed by atoms with Crippen molar-refractivity contribution in [2.45, 2.75) is 32.2 Å². The molecular formula is C44H39N3. The lowest BCUT2D eigenvalue weighted by Crippen LogP contribution is -2.38. The van der Waals surface area contributed by atoms with Gasteiger partial charge in [-0.3, -0.25) is 4.99 Å². The molecule has 0 saturated carbocycles. The van der Waals surface area contributed by atoms with Crippen LogP contribution in [0.3, 0.4) is 0 Å². The zero-order chi connectivity index (χ0) is 32.4. The maximum atomic E-state index is 4.92. The number of hydrogen-bond acceptors (Lipinski definition) is 2. The Morgan fingerprint density at radius 1 is 0.809 bits per heavy atom. The van der Waals surface area contributed by atoms with E-state index in [9.17, 15) is 0 Å². The minimum Gasteiger partial charge on any atom is -0.355 e. The molecule has 1 aliphatic rings. The van der Waals surface area contributed by atoms with Crippen molar-refractivity contribution in [2.24, 2.45) is 4.99 Å². The van der Waals surface area contributed by atoms with Crippen LogP contribution in [0.4, 0.5) is 11.4 Å². The van der Waals surface area contributed by atoms with Gasteiger partial charge in [-0.1, -0.05) is 116 Å². The number of benzene rings is 5. The summed E-state index contributed by atoms with van der Waals surface area (Å²) in [5.41, 5.74) is 9.03. The first-order valence-electron chi connectivity index (χ1n) is 16.3. The number of nitrogens with one attached hydrogen (secondary N) is 1. The quantitative estimate of drug-likeness (QED) is 0.128. The van der Waals surface area contributed by atoms with E-state index < -0.39 is 5.54 Å². The van der Waals surface area contributed by atoms with E-state index >= 15 is 0 Å². The summed E-state index contributed by atoms with van der Waals surface area (Å²) in [7, 11) is 0. The second-order valence-corrected chi connectivity index (χ2v) is 12.2. The van der Waals surface area contributed by atoms with Gasteiger partial charge >= 0.3 is 0 Å². The van der Waals surface area contributed by atoms with Gasteiger partial charge in [-0.05, 0) is 91.4 Å². The summed E-state index contributed by atoms with van der Waals surface area (Å²) in [6, 6.07) is 40.2. The highest BCUT2D eigenvalue weighted by Gasteiger charge is 2.33. The maximum Gasteiger partial charge on any atom is 0.110 e. The molecular weight excluding hydrogens is 571 g/mol. The second-order valence-electron chi connectivity index (χ2n) is 12.2. The van der Waals surface area contributed by atoms with Crippen LogP contribution in [0.5, 0.6) is 0 Å². The smallest absolute Gasteiger partial charge is 0.110 e. The molecule has 3 nitrogen and oxygen atoms in total. The lowest BCUT2D eigenvalue weighted by molar-refractivity contribution is 0.610. The molecule has 1 N–H and O–H groups in total. The molecule has 0 saturated heterocycles. The first-order chi connectivity index (χ1) is 23.0. The first kappa shape index (κ1) is 30.0. The number of anilines is 2. The number of fused-ring (bicyclic) bond motifs is 4. The Labute approximate surface area is 276 Å². The van der Waals surface area contributed by atoms with E-state index in [1.54, 1.807) is 0 Å². The third-order valence-corrected chi connectivity index (χ3v) is 9.38. The van der Waals surface area contributed by atoms with E-state index in [0.717, 1.165) is 57.6 Å². The van der Waals surface area contributed by atoms with Crippen LogP contribution in [0, 0.1) is 0 Å². The summed E-state index contributed by atoms with van der Waals surface area (Å²) < 4.78 is 2.41. The van der Waals surface area contributed by atoms with E-state index in [4.69, 9.17) is 4.99 Å². The van der Waals surface area contributed by atoms with Gasteiger partial charge in [0.15, 0.2) is 0 Å². The van der Waals surface area contributed by atoms with Crippen molar-refractivity contribution < 1.29 is 0 Å². The molecule has 1 atom stereocenters. The lowest BCUT2D eigenvalue weighted by atomic mass is 9.81. The Hall–Kier alpha value is -5.67. The molecule has 6 aromatic rings. The van der Waals surface area contributed by atoms with Crippen LogP contribution in [0.15, 0.2) is 145 Å². The van der Waals surface area contributed by atoms with Gasteiger partial charge in [0, 0.05) is 39.0 Å².